The molecule has 1 amide bonds. The number of hydrogen-bond acceptors (Lipinski definition) is 4. The number of likely N-dealkylation sites (tertiary alicyclic amines) is 1. The maximum Gasteiger partial charge on any atom is 0.226 e. The Labute approximate surface area is 112 Å². The van der Waals surface area contributed by atoms with Crippen LogP contribution in [0.1, 0.15) is 36.4 Å². The SMILES string of the molecule is Cc1csc(C2CCCN(C(=O)C(C)CN)C2)n1. The molecule has 1 fully saturated rings. The Morgan fingerprint density at radius 3 is 3.11 bits per heavy atom. The largest absolute Gasteiger partial charge is 0.342 e. The molecule has 2 heterocycles. The Hall–Kier alpha value is -0.940. The molecule has 18 heavy (non-hydrogen) atoms. The van der Waals surface area contributed by atoms with Gasteiger partial charge in [-0.15, -0.1) is 11.3 Å². The molecule has 0 bridgehead atoms. The van der Waals surface area contributed by atoms with Crippen molar-refractivity contribution in [3.05, 3.63) is 16.1 Å². The van der Waals surface area contributed by atoms with Gasteiger partial charge < -0.3 is 10.6 Å². The van der Waals surface area contributed by atoms with Gasteiger partial charge in [0.15, 0.2) is 0 Å². The van der Waals surface area contributed by atoms with Gasteiger partial charge in [0.2, 0.25) is 5.91 Å². The molecule has 1 aliphatic rings. The summed E-state index contributed by atoms with van der Waals surface area (Å²) in [6, 6.07) is 0. The van der Waals surface area contributed by atoms with E-state index in [1.165, 1.54) is 5.01 Å². The highest BCUT2D eigenvalue weighted by molar-refractivity contribution is 7.09. The van der Waals surface area contributed by atoms with Crippen molar-refractivity contribution in [2.45, 2.75) is 32.6 Å². The van der Waals surface area contributed by atoms with Gasteiger partial charge in [-0.1, -0.05) is 6.92 Å². The number of aromatic nitrogens is 1. The standard InChI is InChI=1S/C13H21N3OS/c1-9(6-14)13(17)16-5-3-4-11(7-16)12-15-10(2)8-18-12/h8-9,11H,3-7,14H2,1-2H3. The molecule has 2 rings (SSSR count). The molecular weight excluding hydrogens is 246 g/mol. The average molecular weight is 267 g/mol. The smallest absolute Gasteiger partial charge is 0.226 e. The maximum absolute atomic E-state index is 12.1. The first-order chi connectivity index (χ1) is 8.61. The van der Waals surface area contributed by atoms with Crippen molar-refractivity contribution in [3.63, 3.8) is 0 Å². The number of nitrogens with zero attached hydrogens (tertiary/aromatic N) is 2. The van der Waals surface area contributed by atoms with Crippen molar-refractivity contribution in [3.8, 4) is 0 Å². The zero-order chi connectivity index (χ0) is 13.1. The van der Waals surface area contributed by atoms with E-state index in [9.17, 15) is 4.79 Å². The molecule has 0 aromatic carbocycles. The van der Waals surface area contributed by atoms with Gasteiger partial charge in [0.25, 0.3) is 0 Å². The van der Waals surface area contributed by atoms with E-state index in [4.69, 9.17) is 5.73 Å². The lowest BCUT2D eigenvalue weighted by Crippen LogP contribution is -2.43. The second-order valence-electron chi connectivity index (χ2n) is 5.09. The topological polar surface area (TPSA) is 59.2 Å². The number of rotatable bonds is 3. The number of piperidine rings is 1. The van der Waals surface area contributed by atoms with E-state index in [1.54, 1.807) is 11.3 Å². The van der Waals surface area contributed by atoms with E-state index < -0.39 is 0 Å². The number of carbonyl (C=O) groups excluding carboxylic acids is 1. The molecule has 0 radical (unpaired) electrons. The van der Waals surface area contributed by atoms with Gasteiger partial charge in [-0.25, -0.2) is 4.98 Å². The highest BCUT2D eigenvalue weighted by atomic mass is 32.1. The number of thiazole rings is 1. The summed E-state index contributed by atoms with van der Waals surface area (Å²) in [5.74, 6) is 0.531. The lowest BCUT2D eigenvalue weighted by Gasteiger charge is -2.33. The molecular formula is C13H21N3OS. The lowest BCUT2D eigenvalue weighted by atomic mass is 9.97. The summed E-state index contributed by atoms with van der Waals surface area (Å²) in [5.41, 5.74) is 6.65. The van der Waals surface area contributed by atoms with Crippen molar-refractivity contribution in [2.24, 2.45) is 11.7 Å². The minimum absolute atomic E-state index is 0.0678. The van der Waals surface area contributed by atoms with Gasteiger partial charge >= 0.3 is 0 Å². The first-order valence-corrected chi connectivity index (χ1v) is 7.40. The van der Waals surface area contributed by atoms with Crippen LogP contribution in [0.15, 0.2) is 5.38 Å². The molecule has 100 valence electrons. The zero-order valence-electron chi connectivity index (χ0n) is 11.1. The molecule has 2 N–H and O–H groups in total. The number of hydrogen-bond donors (Lipinski definition) is 1. The first kappa shape index (κ1) is 13.5. The third-order valence-electron chi connectivity index (χ3n) is 3.49. The van der Waals surface area contributed by atoms with Crippen LogP contribution in [0, 0.1) is 12.8 Å². The molecule has 4 nitrogen and oxygen atoms in total. The van der Waals surface area contributed by atoms with Crippen molar-refractivity contribution in [1.82, 2.24) is 9.88 Å². The fourth-order valence-corrected chi connectivity index (χ4v) is 3.28. The number of aryl methyl sites for hydroxylation is 1. The van der Waals surface area contributed by atoms with E-state index in [1.807, 2.05) is 18.7 Å². The Morgan fingerprint density at radius 1 is 1.72 bits per heavy atom. The van der Waals surface area contributed by atoms with Crippen molar-refractivity contribution < 1.29 is 4.79 Å². The van der Waals surface area contributed by atoms with Crippen LogP contribution in [0.4, 0.5) is 0 Å². The summed E-state index contributed by atoms with van der Waals surface area (Å²) in [6.07, 6.45) is 2.19. The van der Waals surface area contributed by atoms with E-state index in [2.05, 4.69) is 10.4 Å². The Morgan fingerprint density at radius 2 is 2.50 bits per heavy atom. The van der Waals surface area contributed by atoms with Gasteiger partial charge in [-0.3, -0.25) is 4.79 Å². The van der Waals surface area contributed by atoms with E-state index in [0.717, 1.165) is 31.6 Å². The van der Waals surface area contributed by atoms with Crippen LogP contribution in [0.25, 0.3) is 0 Å². The van der Waals surface area contributed by atoms with E-state index >= 15 is 0 Å². The second-order valence-corrected chi connectivity index (χ2v) is 5.98. The predicted molar refractivity (Wildman–Crippen MR) is 73.6 cm³/mol. The van der Waals surface area contributed by atoms with Crippen molar-refractivity contribution in [2.75, 3.05) is 19.6 Å². The second kappa shape index (κ2) is 5.80. The van der Waals surface area contributed by atoms with Gasteiger partial charge in [0.1, 0.15) is 0 Å². The highest BCUT2D eigenvalue weighted by Gasteiger charge is 2.28. The van der Waals surface area contributed by atoms with E-state index in [0.29, 0.717) is 12.5 Å². The Kier molecular flexibility index (Phi) is 4.35. The molecule has 0 saturated carbocycles. The number of nitrogens with two attached hydrogens (primary N) is 1. The fraction of sp³-hybridized carbons (Fsp3) is 0.692. The molecule has 1 aromatic rings. The summed E-state index contributed by atoms with van der Waals surface area (Å²) in [6.45, 7) is 6.01. The third kappa shape index (κ3) is 2.90. The monoisotopic (exact) mass is 267 g/mol. The molecule has 0 spiro atoms. The predicted octanol–water partition coefficient (Wildman–Crippen LogP) is 1.75. The Balaban J connectivity index is 2.02. The van der Waals surface area contributed by atoms with Crippen LogP contribution in [0.5, 0.6) is 0 Å². The van der Waals surface area contributed by atoms with Gasteiger partial charge in [-0.2, -0.15) is 0 Å². The molecule has 1 aromatic heterocycles. The van der Waals surface area contributed by atoms with Crippen molar-refractivity contribution in [1.29, 1.82) is 0 Å². The molecule has 2 atom stereocenters. The van der Waals surface area contributed by atoms with Crippen LogP contribution in [0.3, 0.4) is 0 Å². The first-order valence-electron chi connectivity index (χ1n) is 6.52. The summed E-state index contributed by atoms with van der Waals surface area (Å²) in [4.78, 5) is 18.6. The van der Waals surface area contributed by atoms with Gasteiger partial charge in [0, 0.05) is 42.5 Å². The summed E-state index contributed by atoms with van der Waals surface area (Å²) in [7, 11) is 0. The quantitative estimate of drug-likeness (QED) is 0.907. The van der Waals surface area contributed by atoms with Crippen LogP contribution < -0.4 is 5.73 Å². The fourth-order valence-electron chi connectivity index (χ4n) is 2.35. The normalized spacial score (nSPS) is 21.9. The average Bonchev–Trinajstić information content (AvgIpc) is 2.84. The maximum atomic E-state index is 12.1. The van der Waals surface area contributed by atoms with Crippen LogP contribution in [-0.4, -0.2) is 35.4 Å². The number of amides is 1. The summed E-state index contributed by atoms with van der Waals surface area (Å²) >= 11 is 1.71. The van der Waals surface area contributed by atoms with E-state index in [-0.39, 0.29) is 11.8 Å². The summed E-state index contributed by atoms with van der Waals surface area (Å²) < 4.78 is 0. The lowest BCUT2D eigenvalue weighted by molar-refractivity contribution is -0.135. The zero-order valence-corrected chi connectivity index (χ0v) is 11.9. The molecule has 1 saturated heterocycles. The highest BCUT2D eigenvalue weighted by Crippen LogP contribution is 2.29. The van der Waals surface area contributed by atoms with Crippen LogP contribution in [0.2, 0.25) is 0 Å². The minimum Gasteiger partial charge on any atom is -0.342 e. The van der Waals surface area contributed by atoms with Gasteiger partial charge in [-0.05, 0) is 19.8 Å². The summed E-state index contributed by atoms with van der Waals surface area (Å²) in [5, 5.41) is 3.25. The van der Waals surface area contributed by atoms with Crippen LogP contribution >= 0.6 is 11.3 Å². The molecule has 5 heteroatoms. The minimum atomic E-state index is -0.0678. The third-order valence-corrected chi connectivity index (χ3v) is 4.62. The van der Waals surface area contributed by atoms with Gasteiger partial charge in [0.05, 0.1) is 5.01 Å². The Bertz CT molecular complexity index is 418. The molecule has 2 unspecified atom stereocenters. The molecule has 0 aliphatic carbocycles. The van der Waals surface area contributed by atoms with Crippen LogP contribution in [-0.2, 0) is 4.79 Å². The molecule has 1 aliphatic heterocycles. The number of carbonyl (C=O) groups is 1. The van der Waals surface area contributed by atoms with Crippen molar-refractivity contribution >= 4 is 17.2 Å².